The SMILES string of the molecule is C[C@@H]1CN(c2c(CO[Si](c3ccccc3)(c3ccccc3)C(C)(C)C)cc(C(=O)c3cn(C)cn3)c(F)c2F)C[C@H](C)O1. The summed E-state index contributed by atoms with van der Waals surface area (Å²) in [7, 11) is -1.31. The number of halogens is 2. The molecule has 4 aromatic rings. The van der Waals surface area contributed by atoms with Crippen molar-refractivity contribution in [3.8, 4) is 0 Å². The molecular formula is C34H39F2N3O3Si. The molecule has 5 rings (SSSR count). The molecule has 1 saturated heterocycles. The van der Waals surface area contributed by atoms with Crippen LogP contribution in [-0.4, -0.2) is 48.9 Å². The quantitative estimate of drug-likeness (QED) is 0.193. The maximum atomic E-state index is 16.3. The van der Waals surface area contributed by atoms with Crippen molar-refractivity contribution in [2.24, 2.45) is 7.05 Å². The zero-order chi connectivity index (χ0) is 30.9. The summed E-state index contributed by atoms with van der Waals surface area (Å²) in [5.74, 6) is -2.94. The predicted octanol–water partition coefficient (Wildman–Crippen LogP) is 5.62. The average Bonchev–Trinajstić information content (AvgIpc) is 3.41. The molecule has 0 bridgehead atoms. The molecule has 1 aromatic heterocycles. The van der Waals surface area contributed by atoms with Gasteiger partial charge in [0.25, 0.3) is 8.32 Å². The number of aromatic nitrogens is 2. The van der Waals surface area contributed by atoms with E-state index in [-0.39, 0.29) is 40.8 Å². The monoisotopic (exact) mass is 603 g/mol. The Balaban J connectivity index is 1.68. The van der Waals surface area contributed by atoms with E-state index in [1.54, 1.807) is 11.6 Å². The smallest absolute Gasteiger partial charge is 0.261 e. The molecule has 226 valence electrons. The topological polar surface area (TPSA) is 56.6 Å². The Labute approximate surface area is 253 Å². The van der Waals surface area contributed by atoms with Gasteiger partial charge in [-0.05, 0) is 35.3 Å². The number of carbonyl (C=O) groups excluding carboxylic acids is 1. The van der Waals surface area contributed by atoms with Crippen LogP contribution in [0.25, 0.3) is 0 Å². The van der Waals surface area contributed by atoms with Crippen LogP contribution in [0.15, 0.2) is 79.3 Å². The first-order chi connectivity index (χ1) is 20.4. The van der Waals surface area contributed by atoms with Gasteiger partial charge >= 0.3 is 0 Å². The lowest BCUT2D eigenvalue weighted by Gasteiger charge is -2.43. The highest BCUT2D eigenvalue weighted by molar-refractivity contribution is 6.99. The summed E-state index contributed by atoms with van der Waals surface area (Å²) in [6.45, 7) is 11.0. The first-order valence-electron chi connectivity index (χ1n) is 14.6. The van der Waals surface area contributed by atoms with Crippen molar-refractivity contribution in [1.82, 2.24) is 9.55 Å². The van der Waals surface area contributed by atoms with Gasteiger partial charge in [0.15, 0.2) is 11.6 Å². The Morgan fingerprint density at radius 2 is 1.53 bits per heavy atom. The zero-order valence-electron chi connectivity index (χ0n) is 25.6. The summed E-state index contributed by atoms with van der Waals surface area (Å²) in [5, 5.41) is 1.80. The second-order valence-electron chi connectivity index (χ2n) is 12.4. The number of morpholine rings is 1. The number of nitrogens with zero attached hydrogens (tertiary/aromatic N) is 3. The normalized spacial score (nSPS) is 17.7. The van der Waals surface area contributed by atoms with E-state index >= 15 is 8.78 Å². The molecule has 0 radical (unpaired) electrons. The fourth-order valence-corrected chi connectivity index (χ4v) is 10.8. The van der Waals surface area contributed by atoms with Crippen LogP contribution >= 0.6 is 0 Å². The van der Waals surface area contributed by atoms with E-state index in [4.69, 9.17) is 9.16 Å². The number of hydrogen-bond acceptors (Lipinski definition) is 5. The van der Waals surface area contributed by atoms with Crippen LogP contribution < -0.4 is 15.3 Å². The summed E-state index contributed by atoms with van der Waals surface area (Å²) in [6.07, 6.45) is 2.58. The van der Waals surface area contributed by atoms with Crippen molar-refractivity contribution >= 4 is 30.2 Å². The van der Waals surface area contributed by atoms with E-state index < -0.39 is 25.7 Å². The number of ketones is 1. The number of ether oxygens (including phenoxy) is 1. The Bertz CT molecular complexity index is 1540. The van der Waals surface area contributed by atoms with E-state index in [9.17, 15) is 4.79 Å². The first-order valence-corrected chi connectivity index (χ1v) is 16.5. The van der Waals surface area contributed by atoms with Crippen LogP contribution in [0.3, 0.4) is 0 Å². The molecule has 1 aliphatic rings. The maximum absolute atomic E-state index is 16.3. The van der Waals surface area contributed by atoms with Gasteiger partial charge in [0, 0.05) is 31.9 Å². The minimum absolute atomic E-state index is 0.0254. The van der Waals surface area contributed by atoms with Crippen molar-refractivity contribution in [1.29, 1.82) is 0 Å². The number of anilines is 1. The lowest BCUT2D eigenvalue weighted by Crippen LogP contribution is -2.66. The largest absolute Gasteiger partial charge is 0.403 e. The van der Waals surface area contributed by atoms with Crippen molar-refractivity contribution < 1.29 is 22.7 Å². The Morgan fingerprint density at radius 1 is 0.977 bits per heavy atom. The molecule has 2 heterocycles. The molecule has 1 fully saturated rings. The number of imidazole rings is 1. The molecule has 0 spiro atoms. The van der Waals surface area contributed by atoms with Crippen LogP contribution in [-0.2, 0) is 22.8 Å². The molecule has 3 aromatic carbocycles. The van der Waals surface area contributed by atoms with Crippen LogP contribution in [0.1, 0.15) is 56.2 Å². The minimum Gasteiger partial charge on any atom is -0.403 e. The van der Waals surface area contributed by atoms with Gasteiger partial charge < -0.3 is 18.6 Å². The Kier molecular flexibility index (Phi) is 8.69. The van der Waals surface area contributed by atoms with Crippen LogP contribution in [0, 0.1) is 11.6 Å². The van der Waals surface area contributed by atoms with Crippen molar-refractivity contribution in [3.63, 3.8) is 0 Å². The minimum atomic E-state index is -3.03. The first kappa shape index (κ1) is 30.8. The van der Waals surface area contributed by atoms with Crippen LogP contribution in [0.5, 0.6) is 0 Å². The molecule has 9 heteroatoms. The molecule has 2 atom stereocenters. The molecule has 0 amide bonds. The van der Waals surface area contributed by atoms with Crippen molar-refractivity contribution in [2.75, 3.05) is 18.0 Å². The van der Waals surface area contributed by atoms with Gasteiger partial charge in [0.1, 0.15) is 5.69 Å². The number of benzene rings is 3. The van der Waals surface area contributed by atoms with Gasteiger partial charge in [-0.2, -0.15) is 0 Å². The van der Waals surface area contributed by atoms with Crippen molar-refractivity contribution in [2.45, 2.75) is 58.5 Å². The third-order valence-corrected chi connectivity index (χ3v) is 13.0. The lowest BCUT2D eigenvalue weighted by molar-refractivity contribution is -0.00553. The number of hydrogen-bond donors (Lipinski definition) is 0. The second kappa shape index (κ2) is 12.1. The highest BCUT2D eigenvalue weighted by Gasteiger charge is 2.50. The Morgan fingerprint density at radius 3 is 2.02 bits per heavy atom. The van der Waals surface area contributed by atoms with Crippen LogP contribution in [0.2, 0.25) is 5.04 Å². The van der Waals surface area contributed by atoms with Gasteiger partial charge in [0.2, 0.25) is 5.78 Å². The lowest BCUT2D eigenvalue weighted by atomic mass is 10.0. The van der Waals surface area contributed by atoms with Crippen LogP contribution in [0.4, 0.5) is 14.5 Å². The van der Waals surface area contributed by atoms with Crippen molar-refractivity contribution in [3.05, 3.63) is 108 Å². The summed E-state index contributed by atoms with van der Waals surface area (Å²) in [5.41, 5.74) is 0.193. The highest BCUT2D eigenvalue weighted by Crippen LogP contribution is 2.39. The van der Waals surface area contributed by atoms with Gasteiger partial charge in [-0.1, -0.05) is 81.4 Å². The van der Waals surface area contributed by atoms with E-state index in [0.717, 1.165) is 10.4 Å². The number of rotatable bonds is 8. The van der Waals surface area contributed by atoms with Gasteiger partial charge in [-0.25, -0.2) is 13.8 Å². The van der Waals surface area contributed by atoms with E-state index in [0.29, 0.717) is 18.7 Å². The van der Waals surface area contributed by atoms with E-state index in [2.05, 4.69) is 50.0 Å². The molecule has 0 saturated carbocycles. The molecule has 0 unspecified atom stereocenters. The number of carbonyl (C=O) groups is 1. The highest BCUT2D eigenvalue weighted by atomic mass is 28.4. The molecule has 0 N–H and O–H groups in total. The predicted molar refractivity (Wildman–Crippen MR) is 168 cm³/mol. The summed E-state index contributed by atoms with van der Waals surface area (Å²) < 4.78 is 46.7. The molecular weight excluding hydrogens is 564 g/mol. The zero-order valence-corrected chi connectivity index (χ0v) is 26.6. The third-order valence-electron chi connectivity index (χ3n) is 8.04. The van der Waals surface area contributed by atoms with Gasteiger partial charge in [-0.15, -0.1) is 0 Å². The second-order valence-corrected chi connectivity index (χ2v) is 16.7. The molecule has 6 nitrogen and oxygen atoms in total. The standard InChI is InChI=1S/C34H39F2N3O3Si/c1-23-18-39(19-24(2)42-23)32-25(17-28(30(35)31(32)36)33(40)29-20-38(6)22-37-29)21-41-43(34(3,4)5,26-13-9-7-10-14-26)27-15-11-8-12-16-27/h7-17,20,22-24H,18-19,21H2,1-6H3/t23-,24+. The van der Waals surface area contributed by atoms with E-state index in [1.165, 1.54) is 18.6 Å². The fraction of sp³-hybridized carbons (Fsp3) is 0.353. The summed E-state index contributed by atoms with van der Waals surface area (Å²) in [4.78, 5) is 19.3. The van der Waals surface area contributed by atoms with E-state index in [1.807, 2.05) is 55.1 Å². The van der Waals surface area contributed by atoms with Gasteiger partial charge in [-0.3, -0.25) is 4.79 Å². The molecule has 1 aliphatic heterocycles. The molecule has 0 aliphatic carbocycles. The Hall–Kier alpha value is -3.66. The summed E-state index contributed by atoms with van der Waals surface area (Å²) in [6, 6.07) is 21.7. The average molecular weight is 604 g/mol. The molecule has 43 heavy (non-hydrogen) atoms. The maximum Gasteiger partial charge on any atom is 0.261 e. The van der Waals surface area contributed by atoms with Gasteiger partial charge in [0.05, 0.1) is 36.4 Å². The number of aryl methyl sites for hydroxylation is 1. The third kappa shape index (κ3) is 5.94. The fourth-order valence-electron chi connectivity index (χ4n) is 6.26. The summed E-state index contributed by atoms with van der Waals surface area (Å²) >= 11 is 0.